The standard InChI is InChI=1S/C7H9BrN2O3S2/c1-10(4-6(9)11)15(12,13)7-5(8)2-3-14-7/h2-3H,4H2,1H3,(H2,9,11). The van der Waals surface area contributed by atoms with Crippen LogP contribution in [-0.4, -0.2) is 32.2 Å². The fourth-order valence-electron chi connectivity index (χ4n) is 0.910. The van der Waals surface area contributed by atoms with Crippen molar-refractivity contribution in [2.24, 2.45) is 5.73 Å². The Morgan fingerprint density at radius 1 is 1.67 bits per heavy atom. The largest absolute Gasteiger partial charge is 0.369 e. The third-order valence-electron chi connectivity index (χ3n) is 1.61. The van der Waals surface area contributed by atoms with Crippen LogP contribution in [0.25, 0.3) is 0 Å². The Morgan fingerprint density at radius 2 is 2.27 bits per heavy atom. The van der Waals surface area contributed by atoms with Crippen LogP contribution < -0.4 is 5.73 Å². The van der Waals surface area contributed by atoms with E-state index in [4.69, 9.17) is 5.73 Å². The lowest BCUT2D eigenvalue weighted by atomic mass is 10.6. The smallest absolute Gasteiger partial charge is 0.253 e. The summed E-state index contributed by atoms with van der Waals surface area (Å²) in [6.07, 6.45) is 0. The van der Waals surface area contributed by atoms with Gasteiger partial charge in [0.1, 0.15) is 4.21 Å². The third kappa shape index (κ3) is 2.77. The highest BCUT2D eigenvalue weighted by Crippen LogP contribution is 2.29. The summed E-state index contributed by atoms with van der Waals surface area (Å²) < 4.78 is 25.3. The maximum atomic E-state index is 11.8. The molecule has 0 unspecified atom stereocenters. The zero-order valence-electron chi connectivity index (χ0n) is 7.81. The van der Waals surface area contributed by atoms with Crippen molar-refractivity contribution in [1.29, 1.82) is 0 Å². The molecule has 1 amide bonds. The van der Waals surface area contributed by atoms with Crippen molar-refractivity contribution in [3.05, 3.63) is 15.9 Å². The van der Waals surface area contributed by atoms with Crippen molar-refractivity contribution in [1.82, 2.24) is 4.31 Å². The number of sulfonamides is 1. The Morgan fingerprint density at radius 3 is 2.67 bits per heavy atom. The van der Waals surface area contributed by atoms with E-state index in [2.05, 4.69) is 15.9 Å². The average Bonchev–Trinajstić information content (AvgIpc) is 2.50. The fraction of sp³-hybridized carbons (Fsp3) is 0.286. The zero-order chi connectivity index (χ0) is 11.6. The normalized spacial score (nSPS) is 11.9. The number of carbonyl (C=O) groups is 1. The molecule has 0 atom stereocenters. The topological polar surface area (TPSA) is 80.5 Å². The molecule has 0 fully saturated rings. The molecule has 8 heteroatoms. The summed E-state index contributed by atoms with van der Waals surface area (Å²) in [6.45, 7) is -0.327. The van der Waals surface area contributed by atoms with E-state index in [1.54, 1.807) is 11.4 Å². The minimum Gasteiger partial charge on any atom is -0.369 e. The van der Waals surface area contributed by atoms with Gasteiger partial charge in [-0.2, -0.15) is 4.31 Å². The molecule has 0 aliphatic heterocycles. The van der Waals surface area contributed by atoms with Crippen molar-refractivity contribution < 1.29 is 13.2 Å². The Balaban J connectivity index is 3.04. The Bertz CT molecular complexity index is 468. The molecule has 5 nitrogen and oxygen atoms in total. The highest BCUT2D eigenvalue weighted by atomic mass is 79.9. The third-order valence-corrected chi connectivity index (χ3v) is 6.06. The van der Waals surface area contributed by atoms with E-state index >= 15 is 0 Å². The van der Waals surface area contributed by atoms with E-state index in [1.807, 2.05) is 0 Å². The summed E-state index contributed by atoms with van der Waals surface area (Å²) in [4.78, 5) is 10.6. The summed E-state index contributed by atoms with van der Waals surface area (Å²) in [6, 6.07) is 1.63. The van der Waals surface area contributed by atoms with E-state index < -0.39 is 15.9 Å². The first-order chi connectivity index (χ1) is 6.85. The molecule has 84 valence electrons. The quantitative estimate of drug-likeness (QED) is 0.884. The van der Waals surface area contributed by atoms with Gasteiger partial charge in [0.15, 0.2) is 0 Å². The molecule has 1 aromatic heterocycles. The maximum Gasteiger partial charge on any atom is 0.253 e. The number of thiophene rings is 1. The number of nitrogens with two attached hydrogens (primary N) is 1. The monoisotopic (exact) mass is 312 g/mol. The molecule has 1 heterocycles. The molecule has 0 aliphatic rings. The lowest BCUT2D eigenvalue weighted by Gasteiger charge is -2.13. The van der Waals surface area contributed by atoms with Crippen molar-refractivity contribution in [3.8, 4) is 0 Å². The van der Waals surface area contributed by atoms with Gasteiger partial charge in [-0.05, 0) is 27.4 Å². The Labute approximate surface area is 100 Å². The van der Waals surface area contributed by atoms with Gasteiger partial charge < -0.3 is 5.73 Å². The van der Waals surface area contributed by atoms with Crippen molar-refractivity contribution >= 4 is 43.2 Å². The number of nitrogens with zero attached hydrogens (tertiary/aromatic N) is 1. The summed E-state index contributed by atoms with van der Waals surface area (Å²) in [5.41, 5.74) is 4.93. The zero-order valence-corrected chi connectivity index (χ0v) is 11.0. The summed E-state index contributed by atoms with van der Waals surface area (Å²) in [5, 5.41) is 1.65. The highest BCUT2D eigenvalue weighted by Gasteiger charge is 2.25. The molecule has 0 aliphatic carbocycles. The molecular weight excluding hydrogens is 304 g/mol. The Hall–Kier alpha value is -0.440. The van der Waals surface area contributed by atoms with Crippen molar-refractivity contribution in [2.45, 2.75) is 4.21 Å². The van der Waals surface area contributed by atoms with Crippen LogP contribution in [0.15, 0.2) is 20.1 Å². The number of hydrogen-bond donors (Lipinski definition) is 1. The number of halogens is 1. The fourth-order valence-corrected chi connectivity index (χ4v) is 4.55. The first-order valence-corrected chi connectivity index (χ1v) is 6.94. The van der Waals surface area contributed by atoms with Crippen LogP contribution in [0.5, 0.6) is 0 Å². The first-order valence-electron chi connectivity index (χ1n) is 3.83. The van der Waals surface area contributed by atoms with Gasteiger partial charge in [0, 0.05) is 11.5 Å². The predicted octanol–water partition coefficient (Wildman–Crippen LogP) is 0.616. The minimum absolute atomic E-state index is 0.172. The van der Waals surface area contributed by atoms with E-state index in [-0.39, 0.29) is 10.8 Å². The molecule has 0 bridgehead atoms. The second-order valence-corrected chi connectivity index (χ2v) is 6.79. The van der Waals surface area contributed by atoms with Crippen molar-refractivity contribution in [2.75, 3.05) is 13.6 Å². The van der Waals surface area contributed by atoms with Gasteiger partial charge in [0.2, 0.25) is 5.91 Å². The number of rotatable bonds is 4. The van der Waals surface area contributed by atoms with Crippen LogP contribution in [0.3, 0.4) is 0 Å². The van der Waals surface area contributed by atoms with Crippen LogP contribution in [0, 0.1) is 0 Å². The molecule has 0 aromatic carbocycles. The van der Waals surface area contributed by atoms with E-state index in [9.17, 15) is 13.2 Å². The van der Waals surface area contributed by atoms with Crippen LogP contribution >= 0.6 is 27.3 Å². The average molecular weight is 313 g/mol. The molecule has 0 spiro atoms. The number of likely N-dealkylation sites (N-methyl/N-ethyl adjacent to an activating group) is 1. The number of carbonyl (C=O) groups excluding carboxylic acids is 1. The molecule has 0 saturated carbocycles. The van der Waals surface area contributed by atoms with Gasteiger partial charge in [-0.15, -0.1) is 11.3 Å². The second-order valence-electron chi connectivity index (χ2n) is 2.78. The van der Waals surface area contributed by atoms with E-state index in [1.165, 1.54) is 7.05 Å². The summed E-state index contributed by atoms with van der Waals surface area (Å²) in [7, 11) is -2.31. The molecule has 0 saturated heterocycles. The van der Waals surface area contributed by atoms with Crippen molar-refractivity contribution in [3.63, 3.8) is 0 Å². The predicted molar refractivity (Wildman–Crippen MR) is 61.0 cm³/mol. The molecular formula is C7H9BrN2O3S2. The van der Waals surface area contributed by atoms with Crippen LogP contribution in [0.2, 0.25) is 0 Å². The Kier molecular flexibility index (Phi) is 3.87. The first kappa shape index (κ1) is 12.6. The van der Waals surface area contributed by atoms with E-state index in [0.29, 0.717) is 4.47 Å². The molecule has 1 rings (SSSR count). The highest BCUT2D eigenvalue weighted by molar-refractivity contribution is 9.10. The number of amides is 1. The van der Waals surface area contributed by atoms with Gasteiger partial charge in [-0.3, -0.25) is 4.79 Å². The SMILES string of the molecule is CN(CC(N)=O)S(=O)(=O)c1sccc1Br. The van der Waals surface area contributed by atoms with Crippen LogP contribution in [0.4, 0.5) is 0 Å². The van der Waals surface area contributed by atoms with Gasteiger partial charge in [-0.1, -0.05) is 0 Å². The van der Waals surface area contributed by atoms with E-state index in [0.717, 1.165) is 15.6 Å². The van der Waals surface area contributed by atoms with Gasteiger partial charge in [0.25, 0.3) is 10.0 Å². The molecule has 15 heavy (non-hydrogen) atoms. The lowest BCUT2D eigenvalue weighted by molar-refractivity contribution is -0.118. The van der Waals surface area contributed by atoms with Crippen LogP contribution in [0.1, 0.15) is 0 Å². The molecule has 2 N–H and O–H groups in total. The van der Waals surface area contributed by atoms with Gasteiger partial charge >= 0.3 is 0 Å². The lowest BCUT2D eigenvalue weighted by Crippen LogP contribution is -2.35. The summed E-state index contributed by atoms with van der Waals surface area (Å²) in [5.74, 6) is -0.686. The maximum absolute atomic E-state index is 11.8. The summed E-state index contributed by atoms with van der Waals surface area (Å²) >= 11 is 4.21. The number of primary amides is 1. The number of hydrogen-bond acceptors (Lipinski definition) is 4. The van der Waals surface area contributed by atoms with Crippen LogP contribution in [-0.2, 0) is 14.8 Å². The van der Waals surface area contributed by atoms with Gasteiger partial charge in [-0.25, -0.2) is 8.42 Å². The van der Waals surface area contributed by atoms with Gasteiger partial charge in [0.05, 0.1) is 6.54 Å². The minimum atomic E-state index is -3.62. The molecule has 1 aromatic rings. The second kappa shape index (κ2) is 4.60. The molecule has 0 radical (unpaired) electrons.